The van der Waals surface area contributed by atoms with Crippen molar-refractivity contribution in [1.29, 1.82) is 0 Å². The van der Waals surface area contributed by atoms with E-state index in [1.54, 1.807) is 7.11 Å². The van der Waals surface area contributed by atoms with Gasteiger partial charge in [0.05, 0.1) is 7.11 Å². The summed E-state index contributed by atoms with van der Waals surface area (Å²) in [7, 11) is 1.60. The summed E-state index contributed by atoms with van der Waals surface area (Å²) in [5.41, 5.74) is 1.24. The first-order valence-electron chi connectivity index (χ1n) is 8.11. The second-order valence-corrected chi connectivity index (χ2v) is 6.21. The van der Waals surface area contributed by atoms with E-state index in [2.05, 4.69) is 16.3 Å². The monoisotopic (exact) mass is 362 g/mol. The molecule has 1 aromatic carbocycles. The molecule has 1 heterocycles. The SMILES string of the molecule is COc1ccc([C@@H](C2CCCC2)N2CCNCC2)cc1O.Cl.Cl. The molecule has 1 saturated carbocycles. The molecule has 1 aliphatic carbocycles. The van der Waals surface area contributed by atoms with Gasteiger partial charge in [0.1, 0.15) is 0 Å². The van der Waals surface area contributed by atoms with Gasteiger partial charge in [0.25, 0.3) is 0 Å². The van der Waals surface area contributed by atoms with Crippen LogP contribution in [-0.4, -0.2) is 43.3 Å². The normalized spacial score (nSPS) is 20.4. The van der Waals surface area contributed by atoms with Crippen molar-refractivity contribution in [2.75, 3.05) is 33.3 Å². The van der Waals surface area contributed by atoms with E-state index in [9.17, 15) is 5.11 Å². The molecule has 0 aromatic heterocycles. The molecule has 0 bridgehead atoms. The fourth-order valence-corrected chi connectivity index (χ4v) is 3.91. The Morgan fingerprint density at radius 2 is 1.83 bits per heavy atom. The Bertz CT molecular complexity index is 476. The van der Waals surface area contributed by atoms with Crippen molar-refractivity contribution in [3.05, 3.63) is 23.8 Å². The van der Waals surface area contributed by atoms with Crippen LogP contribution in [0.2, 0.25) is 0 Å². The lowest BCUT2D eigenvalue weighted by atomic mass is 9.89. The van der Waals surface area contributed by atoms with Gasteiger partial charge in [-0.1, -0.05) is 18.9 Å². The largest absolute Gasteiger partial charge is 0.504 e. The Morgan fingerprint density at radius 1 is 1.17 bits per heavy atom. The molecule has 23 heavy (non-hydrogen) atoms. The lowest BCUT2D eigenvalue weighted by molar-refractivity contribution is 0.125. The Hall–Kier alpha value is -0.680. The minimum absolute atomic E-state index is 0. The van der Waals surface area contributed by atoms with Crippen LogP contribution in [-0.2, 0) is 0 Å². The van der Waals surface area contributed by atoms with E-state index in [1.165, 1.54) is 31.2 Å². The fraction of sp³-hybridized carbons (Fsp3) is 0.647. The second kappa shape index (κ2) is 9.58. The number of methoxy groups -OCH3 is 1. The summed E-state index contributed by atoms with van der Waals surface area (Å²) >= 11 is 0. The number of nitrogens with one attached hydrogen (secondary N) is 1. The quantitative estimate of drug-likeness (QED) is 0.861. The maximum absolute atomic E-state index is 10.1. The lowest BCUT2D eigenvalue weighted by Gasteiger charge is -2.38. The number of ether oxygens (including phenoxy) is 1. The number of hydrogen-bond acceptors (Lipinski definition) is 4. The molecule has 6 heteroatoms. The zero-order valence-electron chi connectivity index (χ0n) is 13.7. The van der Waals surface area contributed by atoms with Gasteiger partial charge in [-0.05, 0) is 36.5 Å². The van der Waals surface area contributed by atoms with Crippen LogP contribution < -0.4 is 10.1 Å². The van der Waals surface area contributed by atoms with Gasteiger partial charge in [-0.3, -0.25) is 4.90 Å². The molecule has 2 fully saturated rings. The van der Waals surface area contributed by atoms with Gasteiger partial charge < -0.3 is 15.2 Å². The van der Waals surface area contributed by atoms with Crippen molar-refractivity contribution in [2.24, 2.45) is 5.92 Å². The molecule has 132 valence electrons. The first-order valence-corrected chi connectivity index (χ1v) is 8.11. The molecule has 4 nitrogen and oxygen atoms in total. The van der Waals surface area contributed by atoms with Gasteiger partial charge in [-0.2, -0.15) is 0 Å². The number of benzene rings is 1. The van der Waals surface area contributed by atoms with Crippen LogP contribution in [0, 0.1) is 5.92 Å². The van der Waals surface area contributed by atoms with Crippen LogP contribution >= 0.6 is 24.8 Å². The van der Waals surface area contributed by atoms with Crippen LogP contribution in [0.15, 0.2) is 18.2 Å². The van der Waals surface area contributed by atoms with Gasteiger partial charge in [0.2, 0.25) is 0 Å². The molecule has 3 rings (SSSR count). The van der Waals surface area contributed by atoms with Gasteiger partial charge in [0.15, 0.2) is 11.5 Å². The van der Waals surface area contributed by atoms with E-state index >= 15 is 0 Å². The van der Waals surface area contributed by atoms with Crippen molar-refractivity contribution in [1.82, 2.24) is 10.2 Å². The van der Waals surface area contributed by atoms with Crippen molar-refractivity contribution < 1.29 is 9.84 Å². The summed E-state index contributed by atoms with van der Waals surface area (Å²) in [5.74, 6) is 1.54. The summed E-state index contributed by atoms with van der Waals surface area (Å²) in [6, 6.07) is 6.37. The lowest BCUT2D eigenvalue weighted by Crippen LogP contribution is -2.46. The average Bonchev–Trinajstić information content (AvgIpc) is 3.03. The number of phenols is 1. The molecule has 1 atom stereocenters. The smallest absolute Gasteiger partial charge is 0.160 e. The highest BCUT2D eigenvalue weighted by molar-refractivity contribution is 5.85. The zero-order valence-corrected chi connectivity index (χ0v) is 15.3. The van der Waals surface area contributed by atoms with E-state index in [0.29, 0.717) is 11.8 Å². The maximum Gasteiger partial charge on any atom is 0.160 e. The summed E-state index contributed by atoms with van der Waals surface area (Å²) in [5, 5.41) is 13.6. The van der Waals surface area contributed by atoms with Crippen LogP contribution in [0.4, 0.5) is 0 Å². The van der Waals surface area contributed by atoms with Crippen molar-refractivity contribution in [3.8, 4) is 11.5 Å². The summed E-state index contributed by atoms with van der Waals surface area (Å²) in [6.45, 7) is 4.30. The van der Waals surface area contributed by atoms with Crippen molar-refractivity contribution >= 4 is 24.8 Å². The van der Waals surface area contributed by atoms with Gasteiger partial charge >= 0.3 is 0 Å². The van der Waals surface area contributed by atoms with Crippen LogP contribution in [0.3, 0.4) is 0 Å². The third-order valence-corrected chi connectivity index (χ3v) is 4.94. The van der Waals surface area contributed by atoms with E-state index in [1.807, 2.05) is 12.1 Å². The first kappa shape index (κ1) is 20.4. The number of phenolic OH excluding ortho intramolecular Hbond substituents is 1. The zero-order chi connectivity index (χ0) is 14.7. The highest BCUT2D eigenvalue weighted by atomic mass is 35.5. The molecule has 1 saturated heterocycles. The highest BCUT2D eigenvalue weighted by Crippen LogP contribution is 2.41. The Balaban J connectivity index is 0.00000132. The third kappa shape index (κ3) is 4.66. The predicted octanol–water partition coefficient (Wildman–Crippen LogP) is 3.38. The molecule has 0 unspecified atom stereocenters. The average molecular weight is 363 g/mol. The minimum Gasteiger partial charge on any atom is -0.504 e. The van der Waals surface area contributed by atoms with Crippen LogP contribution in [0.25, 0.3) is 0 Å². The van der Waals surface area contributed by atoms with Crippen molar-refractivity contribution in [3.63, 3.8) is 0 Å². The Kier molecular flexibility index (Phi) is 8.48. The fourth-order valence-electron chi connectivity index (χ4n) is 3.91. The third-order valence-electron chi connectivity index (χ3n) is 4.94. The van der Waals surface area contributed by atoms with Crippen LogP contribution in [0.5, 0.6) is 11.5 Å². The molecular weight excluding hydrogens is 335 g/mol. The van der Waals surface area contributed by atoms with E-state index < -0.39 is 0 Å². The highest BCUT2D eigenvalue weighted by Gasteiger charge is 2.32. The molecule has 0 amide bonds. The molecular formula is C17H28Cl2N2O2. The standard InChI is InChI=1S/C17H26N2O2.2ClH/c1-21-16-7-6-14(12-15(16)20)17(13-4-2-3-5-13)19-10-8-18-9-11-19;;/h6-7,12-13,17-18,20H,2-5,8-11H2,1H3;2*1H/t17-;;/m1../s1. The molecule has 2 N–H and O–H groups in total. The number of halogens is 2. The molecule has 0 radical (unpaired) electrons. The summed E-state index contributed by atoms with van der Waals surface area (Å²) in [6.07, 6.45) is 5.30. The number of aromatic hydroxyl groups is 1. The van der Waals surface area contributed by atoms with Crippen LogP contribution in [0.1, 0.15) is 37.3 Å². The number of nitrogens with zero attached hydrogens (tertiary/aromatic N) is 1. The maximum atomic E-state index is 10.1. The number of piperazine rings is 1. The second-order valence-electron chi connectivity index (χ2n) is 6.21. The van der Waals surface area contributed by atoms with E-state index in [4.69, 9.17) is 4.74 Å². The molecule has 1 aliphatic heterocycles. The van der Waals surface area contributed by atoms with Gasteiger partial charge in [0, 0.05) is 32.2 Å². The first-order chi connectivity index (χ1) is 10.3. The van der Waals surface area contributed by atoms with Gasteiger partial charge in [-0.15, -0.1) is 24.8 Å². The van der Waals surface area contributed by atoms with E-state index in [0.717, 1.165) is 32.1 Å². The van der Waals surface area contributed by atoms with Gasteiger partial charge in [-0.25, -0.2) is 0 Å². The molecule has 2 aliphatic rings. The number of rotatable bonds is 4. The summed E-state index contributed by atoms with van der Waals surface area (Å²) in [4.78, 5) is 2.59. The molecule has 1 aromatic rings. The number of hydrogen-bond donors (Lipinski definition) is 2. The predicted molar refractivity (Wildman–Crippen MR) is 98.3 cm³/mol. The van der Waals surface area contributed by atoms with Crippen molar-refractivity contribution in [2.45, 2.75) is 31.7 Å². The molecule has 0 spiro atoms. The Morgan fingerprint density at radius 3 is 2.39 bits per heavy atom. The van der Waals surface area contributed by atoms with E-state index in [-0.39, 0.29) is 30.6 Å². The topological polar surface area (TPSA) is 44.7 Å². The summed E-state index contributed by atoms with van der Waals surface area (Å²) < 4.78 is 5.18. The minimum atomic E-state index is 0. The Labute approximate surface area is 151 Å².